The van der Waals surface area contributed by atoms with Crippen LogP contribution in [0.3, 0.4) is 0 Å². The van der Waals surface area contributed by atoms with Crippen molar-refractivity contribution in [3.8, 4) is 6.07 Å². The highest BCUT2D eigenvalue weighted by molar-refractivity contribution is 6.30. The SMILES string of the molecule is Cc1[nH]c(=O)c(C#N)c(C)c1CCC(=O)NC(c1ccc(Cl)cc1)C1CCC1. The van der Waals surface area contributed by atoms with Gasteiger partial charge in [0.25, 0.3) is 5.56 Å². The fourth-order valence-corrected chi connectivity index (χ4v) is 3.95. The monoisotopic (exact) mass is 397 g/mol. The number of amides is 1. The predicted octanol–water partition coefficient (Wildman–Crippen LogP) is 4.11. The Labute approximate surface area is 169 Å². The maximum atomic E-state index is 12.7. The minimum Gasteiger partial charge on any atom is -0.349 e. The number of rotatable bonds is 6. The molecule has 1 unspecified atom stereocenters. The number of hydrogen-bond acceptors (Lipinski definition) is 3. The largest absolute Gasteiger partial charge is 0.349 e. The van der Waals surface area contributed by atoms with Gasteiger partial charge in [-0.05, 0) is 67.9 Å². The molecule has 1 atom stereocenters. The van der Waals surface area contributed by atoms with Crippen LogP contribution in [0, 0.1) is 31.1 Å². The van der Waals surface area contributed by atoms with E-state index < -0.39 is 0 Å². The van der Waals surface area contributed by atoms with Crippen molar-refractivity contribution in [1.29, 1.82) is 5.26 Å². The molecule has 5 nitrogen and oxygen atoms in total. The molecule has 0 aliphatic heterocycles. The normalized spacial score (nSPS) is 14.8. The lowest BCUT2D eigenvalue weighted by molar-refractivity contribution is -0.122. The molecule has 1 aromatic carbocycles. The van der Waals surface area contributed by atoms with E-state index in [4.69, 9.17) is 11.6 Å². The lowest BCUT2D eigenvalue weighted by Gasteiger charge is -2.34. The van der Waals surface area contributed by atoms with Gasteiger partial charge in [0.1, 0.15) is 11.6 Å². The molecule has 146 valence electrons. The number of nitrogens with one attached hydrogen (secondary N) is 2. The number of hydrogen-bond donors (Lipinski definition) is 2. The number of nitriles is 1. The van der Waals surface area contributed by atoms with E-state index in [-0.39, 0.29) is 23.1 Å². The Morgan fingerprint density at radius 2 is 2.00 bits per heavy atom. The van der Waals surface area contributed by atoms with Gasteiger partial charge in [-0.1, -0.05) is 30.2 Å². The molecule has 1 amide bonds. The molecule has 1 aliphatic carbocycles. The number of H-pyrrole nitrogens is 1. The third-order valence-corrected chi connectivity index (χ3v) is 5.94. The molecule has 2 N–H and O–H groups in total. The second kappa shape index (κ2) is 8.62. The fourth-order valence-electron chi connectivity index (χ4n) is 3.82. The van der Waals surface area contributed by atoms with Crippen LogP contribution < -0.4 is 10.9 Å². The zero-order chi connectivity index (χ0) is 20.3. The van der Waals surface area contributed by atoms with Gasteiger partial charge in [-0.25, -0.2) is 0 Å². The number of halogens is 1. The van der Waals surface area contributed by atoms with Gasteiger partial charge in [-0.2, -0.15) is 5.26 Å². The Bertz CT molecular complexity index is 969. The third-order valence-electron chi connectivity index (χ3n) is 5.69. The highest BCUT2D eigenvalue weighted by Gasteiger charge is 2.29. The van der Waals surface area contributed by atoms with E-state index in [2.05, 4.69) is 10.3 Å². The van der Waals surface area contributed by atoms with Crippen molar-refractivity contribution in [3.05, 3.63) is 67.6 Å². The molecule has 28 heavy (non-hydrogen) atoms. The lowest BCUT2D eigenvalue weighted by Crippen LogP contribution is -2.36. The summed E-state index contributed by atoms with van der Waals surface area (Å²) in [6, 6.07) is 9.59. The van der Waals surface area contributed by atoms with Crippen molar-refractivity contribution in [2.45, 2.75) is 52.0 Å². The molecular weight excluding hydrogens is 374 g/mol. The number of pyridine rings is 1. The smallest absolute Gasteiger partial charge is 0.266 e. The van der Waals surface area contributed by atoms with Crippen molar-refractivity contribution in [2.75, 3.05) is 0 Å². The summed E-state index contributed by atoms with van der Waals surface area (Å²) < 4.78 is 0. The van der Waals surface area contributed by atoms with E-state index in [0.29, 0.717) is 35.0 Å². The van der Waals surface area contributed by atoms with Crippen LogP contribution in [0.4, 0.5) is 0 Å². The summed E-state index contributed by atoms with van der Waals surface area (Å²) in [6.07, 6.45) is 4.19. The number of carbonyl (C=O) groups is 1. The topological polar surface area (TPSA) is 85.8 Å². The molecule has 1 fully saturated rings. The first kappa shape index (κ1) is 20.2. The van der Waals surface area contributed by atoms with Crippen LogP contribution in [0.25, 0.3) is 0 Å². The average molecular weight is 398 g/mol. The molecule has 1 saturated carbocycles. The second-order valence-corrected chi connectivity index (χ2v) is 7.89. The van der Waals surface area contributed by atoms with Gasteiger partial charge in [0.05, 0.1) is 6.04 Å². The molecular formula is C22H24ClN3O2. The van der Waals surface area contributed by atoms with E-state index in [9.17, 15) is 14.9 Å². The third kappa shape index (κ3) is 4.28. The summed E-state index contributed by atoms with van der Waals surface area (Å²) in [4.78, 5) is 27.2. The van der Waals surface area contributed by atoms with Crippen LogP contribution in [-0.4, -0.2) is 10.9 Å². The molecule has 1 heterocycles. The maximum Gasteiger partial charge on any atom is 0.266 e. The van der Waals surface area contributed by atoms with E-state index in [1.165, 1.54) is 6.42 Å². The van der Waals surface area contributed by atoms with Gasteiger partial charge >= 0.3 is 0 Å². The molecule has 2 aromatic rings. The number of carbonyl (C=O) groups excluding carboxylic acids is 1. The molecule has 6 heteroatoms. The van der Waals surface area contributed by atoms with Crippen molar-refractivity contribution < 1.29 is 4.79 Å². The van der Waals surface area contributed by atoms with Crippen LogP contribution in [0.5, 0.6) is 0 Å². The second-order valence-electron chi connectivity index (χ2n) is 7.46. The van der Waals surface area contributed by atoms with Gasteiger partial charge in [0, 0.05) is 17.1 Å². The lowest BCUT2D eigenvalue weighted by atomic mass is 9.77. The minimum atomic E-state index is -0.376. The Morgan fingerprint density at radius 1 is 1.32 bits per heavy atom. The molecule has 0 spiro atoms. The van der Waals surface area contributed by atoms with Crippen molar-refractivity contribution in [3.63, 3.8) is 0 Å². The molecule has 1 aliphatic rings. The Hall–Kier alpha value is -2.58. The first-order valence-electron chi connectivity index (χ1n) is 9.58. The Balaban J connectivity index is 1.71. The number of benzene rings is 1. The van der Waals surface area contributed by atoms with E-state index in [1.54, 1.807) is 13.8 Å². The number of aromatic nitrogens is 1. The van der Waals surface area contributed by atoms with Gasteiger partial charge in [0.15, 0.2) is 0 Å². The summed E-state index contributed by atoms with van der Waals surface area (Å²) in [6.45, 7) is 3.56. The van der Waals surface area contributed by atoms with Crippen molar-refractivity contribution in [1.82, 2.24) is 10.3 Å². The number of nitrogens with zero attached hydrogens (tertiary/aromatic N) is 1. The zero-order valence-electron chi connectivity index (χ0n) is 16.1. The highest BCUT2D eigenvalue weighted by atomic mass is 35.5. The first-order valence-corrected chi connectivity index (χ1v) is 9.95. The van der Waals surface area contributed by atoms with Gasteiger partial charge in [-0.3, -0.25) is 9.59 Å². The zero-order valence-corrected chi connectivity index (χ0v) is 16.9. The molecule has 1 aromatic heterocycles. The van der Waals surface area contributed by atoms with Crippen LogP contribution in [0.2, 0.25) is 5.02 Å². The van der Waals surface area contributed by atoms with Gasteiger partial charge in [-0.15, -0.1) is 0 Å². The Morgan fingerprint density at radius 3 is 2.57 bits per heavy atom. The van der Waals surface area contributed by atoms with Crippen LogP contribution >= 0.6 is 11.6 Å². The van der Waals surface area contributed by atoms with Crippen molar-refractivity contribution in [2.24, 2.45) is 5.92 Å². The first-order chi connectivity index (χ1) is 13.4. The number of aryl methyl sites for hydroxylation is 1. The highest BCUT2D eigenvalue weighted by Crippen LogP contribution is 2.38. The fraction of sp³-hybridized carbons (Fsp3) is 0.409. The van der Waals surface area contributed by atoms with E-state index in [1.807, 2.05) is 30.3 Å². The molecule has 0 radical (unpaired) electrons. The van der Waals surface area contributed by atoms with Crippen molar-refractivity contribution >= 4 is 17.5 Å². The summed E-state index contributed by atoms with van der Waals surface area (Å²) in [5, 5.41) is 13.1. The molecule has 3 rings (SSSR count). The average Bonchev–Trinajstić information content (AvgIpc) is 2.60. The van der Waals surface area contributed by atoms with Crippen LogP contribution in [0.1, 0.15) is 59.7 Å². The van der Waals surface area contributed by atoms with Crippen LogP contribution in [0.15, 0.2) is 29.1 Å². The number of aromatic amines is 1. The maximum absolute atomic E-state index is 12.7. The van der Waals surface area contributed by atoms with Gasteiger partial charge in [0.2, 0.25) is 5.91 Å². The van der Waals surface area contributed by atoms with Gasteiger partial charge < -0.3 is 10.3 Å². The summed E-state index contributed by atoms with van der Waals surface area (Å²) in [5.74, 6) is 0.419. The molecule has 0 bridgehead atoms. The predicted molar refractivity (Wildman–Crippen MR) is 109 cm³/mol. The minimum absolute atomic E-state index is 0.00837. The summed E-state index contributed by atoms with van der Waals surface area (Å²) in [5.41, 5.74) is 3.05. The quantitative estimate of drug-likeness (QED) is 0.769. The van der Waals surface area contributed by atoms with E-state index >= 15 is 0 Å². The summed E-state index contributed by atoms with van der Waals surface area (Å²) >= 11 is 6.00. The Kier molecular flexibility index (Phi) is 6.21. The summed E-state index contributed by atoms with van der Waals surface area (Å²) in [7, 11) is 0. The standard InChI is InChI=1S/C22H24ClN3O2/c1-13-18(14(2)25-22(28)19(13)12-24)10-11-20(27)26-21(15-4-3-5-15)16-6-8-17(23)9-7-16/h6-9,15,21H,3-5,10-11H2,1-2H3,(H,25,28)(H,26,27). The molecule has 0 saturated heterocycles. The van der Waals surface area contributed by atoms with Crippen LogP contribution in [-0.2, 0) is 11.2 Å². The van der Waals surface area contributed by atoms with E-state index in [0.717, 1.165) is 24.0 Å².